The molecule has 9 heteroatoms. The molecule has 4 rings (SSSR count). The summed E-state index contributed by atoms with van der Waals surface area (Å²) < 4.78 is 7.18. The van der Waals surface area contributed by atoms with Crippen LogP contribution in [-0.2, 0) is 17.9 Å². The summed E-state index contributed by atoms with van der Waals surface area (Å²) in [5.74, 6) is -0.228. The molecule has 4 aromatic rings. The van der Waals surface area contributed by atoms with E-state index in [0.29, 0.717) is 27.1 Å². The van der Waals surface area contributed by atoms with E-state index in [0.717, 1.165) is 0 Å². The normalized spacial score (nSPS) is 11.3. The van der Waals surface area contributed by atoms with Gasteiger partial charge < -0.3 is 14.3 Å². The first kappa shape index (κ1) is 17.2. The Hall–Kier alpha value is -3.20. The number of rotatable bonds is 5. The van der Waals surface area contributed by atoms with E-state index in [1.807, 2.05) is 6.07 Å². The average molecular weight is 384 g/mol. The van der Waals surface area contributed by atoms with Crippen molar-refractivity contribution in [3.8, 4) is 0 Å². The molecule has 0 atom stereocenters. The van der Waals surface area contributed by atoms with Crippen LogP contribution in [0.1, 0.15) is 12.2 Å². The number of nitrogens with one attached hydrogen (secondary N) is 1. The minimum atomic E-state index is -0.486. The van der Waals surface area contributed by atoms with Gasteiger partial charge in [0.1, 0.15) is 10.5 Å². The molecule has 0 unspecified atom stereocenters. The van der Waals surface area contributed by atoms with Gasteiger partial charge in [-0.2, -0.15) is 0 Å². The number of aromatic nitrogens is 3. The summed E-state index contributed by atoms with van der Waals surface area (Å²) in [5, 5.41) is 1.80. The number of para-hydroxylation sites is 2. The summed E-state index contributed by atoms with van der Waals surface area (Å²) in [7, 11) is 1.64. The Morgan fingerprint density at radius 2 is 2.11 bits per heavy atom. The number of thiophene rings is 1. The lowest BCUT2D eigenvalue weighted by Crippen LogP contribution is -2.29. The van der Waals surface area contributed by atoms with E-state index in [-0.39, 0.29) is 31.0 Å². The SMILES string of the molecule is CN(Cc1nc2ccsc2c(=O)[nH]1)C(=O)CCn1c(=O)oc2ccccc21. The smallest absolute Gasteiger partial charge is 0.408 e. The zero-order chi connectivity index (χ0) is 19.0. The van der Waals surface area contributed by atoms with Gasteiger partial charge in [0, 0.05) is 20.0 Å². The van der Waals surface area contributed by atoms with Crippen molar-refractivity contribution in [3.63, 3.8) is 0 Å². The van der Waals surface area contributed by atoms with Gasteiger partial charge in [0.15, 0.2) is 5.58 Å². The van der Waals surface area contributed by atoms with Gasteiger partial charge >= 0.3 is 5.76 Å². The predicted molar refractivity (Wildman–Crippen MR) is 102 cm³/mol. The third-order valence-corrected chi connectivity index (χ3v) is 5.20. The second kappa shape index (κ2) is 6.84. The number of aryl methyl sites for hydroxylation is 1. The maximum absolute atomic E-state index is 12.5. The lowest BCUT2D eigenvalue weighted by Gasteiger charge is -2.16. The lowest BCUT2D eigenvalue weighted by molar-refractivity contribution is -0.130. The molecule has 0 saturated carbocycles. The van der Waals surface area contributed by atoms with Crippen molar-refractivity contribution >= 4 is 38.6 Å². The number of amides is 1. The van der Waals surface area contributed by atoms with Crippen molar-refractivity contribution in [1.82, 2.24) is 19.4 Å². The standard InChI is InChI=1S/C18H16N4O4S/c1-21(10-14-19-11-7-9-27-16(11)17(24)20-14)15(23)6-8-22-12-4-2-3-5-13(12)26-18(22)25/h2-5,7,9H,6,8,10H2,1H3,(H,19,20,24). The van der Waals surface area contributed by atoms with Crippen LogP contribution in [-0.4, -0.2) is 32.4 Å². The molecule has 0 radical (unpaired) electrons. The van der Waals surface area contributed by atoms with Gasteiger partial charge in [-0.25, -0.2) is 9.78 Å². The summed E-state index contributed by atoms with van der Waals surface area (Å²) in [6, 6.07) is 8.86. The zero-order valence-corrected chi connectivity index (χ0v) is 15.3. The van der Waals surface area contributed by atoms with Crippen LogP contribution in [0.3, 0.4) is 0 Å². The maximum Gasteiger partial charge on any atom is 0.419 e. The van der Waals surface area contributed by atoms with Gasteiger partial charge in [0.05, 0.1) is 17.6 Å². The number of hydrogen-bond donors (Lipinski definition) is 1. The molecule has 0 saturated heterocycles. The van der Waals surface area contributed by atoms with E-state index in [9.17, 15) is 14.4 Å². The van der Waals surface area contributed by atoms with E-state index in [4.69, 9.17) is 4.42 Å². The van der Waals surface area contributed by atoms with E-state index in [2.05, 4.69) is 9.97 Å². The van der Waals surface area contributed by atoms with Crippen molar-refractivity contribution in [2.45, 2.75) is 19.5 Å². The summed E-state index contributed by atoms with van der Waals surface area (Å²) in [6.07, 6.45) is 0.130. The van der Waals surface area contributed by atoms with E-state index >= 15 is 0 Å². The van der Waals surface area contributed by atoms with Crippen LogP contribution in [0.2, 0.25) is 0 Å². The fourth-order valence-corrected chi connectivity index (χ4v) is 3.66. The Labute approximate surface area is 156 Å². The van der Waals surface area contributed by atoms with Crippen LogP contribution < -0.4 is 11.3 Å². The number of H-pyrrole nitrogens is 1. The number of carbonyl (C=O) groups is 1. The fraction of sp³-hybridized carbons (Fsp3) is 0.222. The molecule has 8 nitrogen and oxygen atoms in total. The number of fused-ring (bicyclic) bond motifs is 2. The monoisotopic (exact) mass is 384 g/mol. The van der Waals surface area contributed by atoms with Crippen molar-refractivity contribution in [1.29, 1.82) is 0 Å². The van der Waals surface area contributed by atoms with Gasteiger partial charge in [-0.15, -0.1) is 11.3 Å². The number of aromatic amines is 1. The molecule has 138 valence electrons. The molecule has 1 N–H and O–H groups in total. The Morgan fingerprint density at radius 3 is 2.96 bits per heavy atom. The quantitative estimate of drug-likeness (QED) is 0.567. The van der Waals surface area contributed by atoms with E-state index < -0.39 is 5.76 Å². The van der Waals surface area contributed by atoms with Crippen LogP contribution in [0.5, 0.6) is 0 Å². The maximum atomic E-state index is 12.5. The third kappa shape index (κ3) is 3.28. The highest BCUT2D eigenvalue weighted by Gasteiger charge is 2.15. The van der Waals surface area contributed by atoms with E-state index in [1.54, 1.807) is 36.7 Å². The third-order valence-electron chi connectivity index (χ3n) is 4.30. The van der Waals surface area contributed by atoms with Crippen LogP contribution in [0.25, 0.3) is 21.3 Å². The van der Waals surface area contributed by atoms with Crippen molar-refractivity contribution in [2.75, 3.05) is 7.05 Å². The van der Waals surface area contributed by atoms with Crippen LogP contribution >= 0.6 is 11.3 Å². The predicted octanol–water partition coefficient (Wildman–Crippen LogP) is 1.94. The molecule has 0 fully saturated rings. The Kier molecular flexibility index (Phi) is 4.36. The molecule has 3 heterocycles. The molecule has 0 aliphatic heterocycles. The van der Waals surface area contributed by atoms with E-state index in [1.165, 1.54) is 20.8 Å². The van der Waals surface area contributed by atoms with Gasteiger partial charge in [-0.1, -0.05) is 12.1 Å². The highest BCUT2D eigenvalue weighted by Crippen LogP contribution is 2.15. The lowest BCUT2D eigenvalue weighted by atomic mass is 10.3. The first-order valence-corrected chi connectivity index (χ1v) is 9.19. The molecule has 0 bridgehead atoms. The molecule has 3 aromatic heterocycles. The minimum absolute atomic E-state index is 0.130. The Bertz CT molecular complexity index is 1250. The molecule has 1 aromatic carbocycles. The summed E-state index contributed by atoms with van der Waals surface area (Å²) in [6.45, 7) is 0.396. The van der Waals surface area contributed by atoms with Gasteiger partial charge in [0.25, 0.3) is 5.56 Å². The number of hydrogen-bond acceptors (Lipinski definition) is 6. The molecule has 27 heavy (non-hydrogen) atoms. The van der Waals surface area contributed by atoms with Crippen LogP contribution in [0, 0.1) is 0 Å². The minimum Gasteiger partial charge on any atom is -0.408 e. The average Bonchev–Trinajstić information content (AvgIpc) is 3.23. The Morgan fingerprint density at radius 1 is 1.30 bits per heavy atom. The molecule has 0 spiro atoms. The van der Waals surface area contributed by atoms with Crippen LogP contribution in [0.4, 0.5) is 0 Å². The fourth-order valence-electron chi connectivity index (χ4n) is 2.93. The topological polar surface area (TPSA) is 101 Å². The molecule has 0 aliphatic carbocycles. The number of oxazole rings is 1. The Balaban J connectivity index is 1.46. The number of carbonyl (C=O) groups excluding carboxylic acids is 1. The largest absolute Gasteiger partial charge is 0.419 e. The molecule has 0 aliphatic rings. The zero-order valence-electron chi connectivity index (χ0n) is 14.5. The molecular weight excluding hydrogens is 368 g/mol. The summed E-state index contributed by atoms with van der Waals surface area (Å²) >= 11 is 1.33. The van der Waals surface area contributed by atoms with Gasteiger partial charge in [-0.05, 0) is 23.6 Å². The number of benzene rings is 1. The van der Waals surface area contributed by atoms with Crippen molar-refractivity contribution < 1.29 is 9.21 Å². The molecular formula is C18H16N4O4S. The number of nitrogens with zero attached hydrogens (tertiary/aromatic N) is 3. The van der Waals surface area contributed by atoms with Crippen LogP contribution in [0.15, 0.2) is 49.7 Å². The molecule has 1 amide bonds. The summed E-state index contributed by atoms with van der Waals surface area (Å²) in [5.41, 5.74) is 1.57. The van der Waals surface area contributed by atoms with Crippen molar-refractivity contribution in [3.05, 3.63) is 62.4 Å². The first-order chi connectivity index (χ1) is 13.0. The van der Waals surface area contributed by atoms with Gasteiger partial charge in [0.2, 0.25) is 5.91 Å². The second-order valence-corrected chi connectivity index (χ2v) is 7.05. The van der Waals surface area contributed by atoms with Gasteiger partial charge in [-0.3, -0.25) is 14.2 Å². The summed E-state index contributed by atoms with van der Waals surface area (Å²) in [4.78, 5) is 45.0. The second-order valence-electron chi connectivity index (χ2n) is 6.13. The highest BCUT2D eigenvalue weighted by atomic mass is 32.1. The first-order valence-electron chi connectivity index (χ1n) is 8.31. The highest BCUT2D eigenvalue weighted by molar-refractivity contribution is 7.17. The van der Waals surface area contributed by atoms with Crippen molar-refractivity contribution in [2.24, 2.45) is 0 Å².